The quantitative estimate of drug-likeness (QED) is 0.826. The molecule has 0 aromatic carbocycles. The molecule has 1 aromatic rings. The highest BCUT2D eigenvalue weighted by atomic mass is 16.5. The Morgan fingerprint density at radius 1 is 1.04 bits per heavy atom. The highest BCUT2D eigenvalue weighted by molar-refractivity contribution is 5.81. The molecule has 0 aliphatic carbocycles. The van der Waals surface area contributed by atoms with Crippen LogP contribution in [-0.4, -0.2) is 76.1 Å². The number of piperazine rings is 1. The van der Waals surface area contributed by atoms with Crippen LogP contribution in [0, 0.1) is 6.92 Å². The summed E-state index contributed by atoms with van der Waals surface area (Å²) in [6.07, 6.45) is 2.29. The third-order valence-corrected chi connectivity index (χ3v) is 5.12. The van der Waals surface area contributed by atoms with E-state index in [1.807, 2.05) is 18.7 Å². The van der Waals surface area contributed by atoms with E-state index < -0.39 is 0 Å². The van der Waals surface area contributed by atoms with Gasteiger partial charge in [0.2, 0.25) is 11.8 Å². The first-order valence-electron chi connectivity index (χ1n) is 8.63. The molecule has 0 unspecified atom stereocenters. The van der Waals surface area contributed by atoms with Crippen molar-refractivity contribution in [2.45, 2.75) is 45.7 Å². The molecule has 7 nitrogen and oxygen atoms in total. The number of hydrogen-bond donors (Lipinski definition) is 0. The van der Waals surface area contributed by atoms with Crippen molar-refractivity contribution >= 4 is 5.91 Å². The van der Waals surface area contributed by atoms with Gasteiger partial charge in [-0.15, -0.1) is 0 Å². The maximum absolute atomic E-state index is 12.5. The monoisotopic (exact) mass is 321 g/mol. The summed E-state index contributed by atoms with van der Waals surface area (Å²) in [5.74, 6) is 1.64. The number of likely N-dealkylation sites (tertiary alicyclic amines) is 1. The zero-order chi connectivity index (χ0) is 16.4. The fraction of sp³-hybridized carbons (Fsp3) is 0.812. The molecular weight excluding hydrogens is 294 g/mol. The third kappa shape index (κ3) is 3.55. The van der Waals surface area contributed by atoms with Crippen molar-refractivity contribution in [2.24, 2.45) is 0 Å². The normalized spacial score (nSPS) is 23.2. The molecule has 0 saturated carbocycles. The van der Waals surface area contributed by atoms with Crippen LogP contribution in [0.4, 0.5) is 0 Å². The van der Waals surface area contributed by atoms with Gasteiger partial charge in [-0.3, -0.25) is 14.6 Å². The summed E-state index contributed by atoms with van der Waals surface area (Å²) in [4.78, 5) is 23.5. The smallest absolute Gasteiger partial charge is 0.243 e. The zero-order valence-corrected chi connectivity index (χ0v) is 14.4. The number of carbonyl (C=O) groups is 1. The Kier molecular flexibility index (Phi) is 4.96. The summed E-state index contributed by atoms with van der Waals surface area (Å²) in [5.41, 5.74) is 0. The molecule has 2 aliphatic heterocycles. The van der Waals surface area contributed by atoms with E-state index in [0.717, 1.165) is 52.1 Å². The molecule has 3 rings (SSSR count). The van der Waals surface area contributed by atoms with Gasteiger partial charge in [0.15, 0.2) is 5.82 Å². The predicted octanol–water partition coefficient (Wildman–Crippen LogP) is 1.07. The number of hydrogen-bond acceptors (Lipinski definition) is 6. The van der Waals surface area contributed by atoms with Gasteiger partial charge in [-0.05, 0) is 33.6 Å². The topological polar surface area (TPSA) is 65.7 Å². The molecule has 2 fully saturated rings. The molecule has 2 aliphatic rings. The maximum atomic E-state index is 12.5. The van der Waals surface area contributed by atoms with E-state index in [0.29, 0.717) is 11.7 Å². The fourth-order valence-corrected chi connectivity index (χ4v) is 3.51. The average Bonchev–Trinajstić information content (AvgIpc) is 3.24. The van der Waals surface area contributed by atoms with Crippen LogP contribution in [0.3, 0.4) is 0 Å². The lowest BCUT2D eigenvalue weighted by molar-refractivity contribution is -0.136. The van der Waals surface area contributed by atoms with Crippen LogP contribution >= 0.6 is 0 Å². The summed E-state index contributed by atoms with van der Waals surface area (Å²) in [6.45, 7) is 11.5. The maximum Gasteiger partial charge on any atom is 0.243 e. The molecule has 1 amide bonds. The van der Waals surface area contributed by atoms with Gasteiger partial charge in [-0.2, -0.15) is 4.98 Å². The minimum atomic E-state index is -0.0174. The molecule has 2 saturated heterocycles. The van der Waals surface area contributed by atoms with Crippen molar-refractivity contribution in [3.05, 3.63) is 11.7 Å². The molecule has 0 spiro atoms. The molecule has 2 atom stereocenters. The lowest BCUT2D eigenvalue weighted by atomic mass is 10.1. The molecule has 0 radical (unpaired) electrons. The van der Waals surface area contributed by atoms with E-state index in [9.17, 15) is 4.79 Å². The second-order valence-electron chi connectivity index (χ2n) is 6.64. The molecule has 1 aromatic heterocycles. The van der Waals surface area contributed by atoms with Gasteiger partial charge < -0.3 is 9.42 Å². The molecule has 128 valence electrons. The lowest BCUT2D eigenvalue weighted by Gasteiger charge is -2.39. The lowest BCUT2D eigenvalue weighted by Crippen LogP contribution is -2.54. The van der Waals surface area contributed by atoms with Crippen LogP contribution in [0.25, 0.3) is 0 Å². The predicted molar refractivity (Wildman–Crippen MR) is 85.9 cm³/mol. The number of carbonyl (C=O) groups excluding carboxylic acids is 1. The van der Waals surface area contributed by atoms with Crippen molar-refractivity contribution < 1.29 is 9.32 Å². The third-order valence-electron chi connectivity index (χ3n) is 5.12. The first kappa shape index (κ1) is 16.4. The highest BCUT2D eigenvalue weighted by Crippen LogP contribution is 2.21. The fourth-order valence-electron chi connectivity index (χ4n) is 3.51. The van der Waals surface area contributed by atoms with Gasteiger partial charge in [0.05, 0.1) is 12.1 Å². The zero-order valence-electron chi connectivity index (χ0n) is 14.4. The van der Waals surface area contributed by atoms with Crippen molar-refractivity contribution in [1.82, 2.24) is 24.8 Å². The van der Waals surface area contributed by atoms with Crippen LogP contribution in [-0.2, 0) is 4.79 Å². The van der Waals surface area contributed by atoms with E-state index in [1.54, 1.807) is 0 Å². The van der Waals surface area contributed by atoms with Crippen LogP contribution in [0.15, 0.2) is 4.52 Å². The van der Waals surface area contributed by atoms with Gasteiger partial charge in [-0.25, -0.2) is 0 Å². The second kappa shape index (κ2) is 6.97. The SMILES string of the molecule is Cc1noc([C@H](C)N2CCN([C@H](C)C(=O)N3CCCC3)CC2)n1. The first-order valence-corrected chi connectivity index (χ1v) is 8.63. The second-order valence-corrected chi connectivity index (χ2v) is 6.64. The Labute approximate surface area is 137 Å². The van der Waals surface area contributed by atoms with Gasteiger partial charge in [0.25, 0.3) is 0 Å². The number of nitrogens with zero attached hydrogens (tertiary/aromatic N) is 5. The van der Waals surface area contributed by atoms with Crippen molar-refractivity contribution in [3.63, 3.8) is 0 Å². The van der Waals surface area contributed by atoms with Gasteiger partial charge in [-0.1, -0.05) is 5.16 Å². The van der Waals surface area contributed by atoms with Crippen LogP contribution in [0.5, 0.6) is 0 Å². The Bertz CT molecular complexity index is 532. The molecule has 7 heteroatoms. The summed E-state index contributed by atoms with van der Waals surface area (Å²) in [7, 11) is 0. The van der Waals surface area contributed by atoms with E-state index in [1.165, 1.54) is 0 Å². The number of aromatic nitrogens is 2. The molecule has 0 N–H and O–H groups in total. The average molecular weight is 321 g/mol. The Balaban J connectivity index is 1.52. The van der Waals surface area contributed by atoms with Crippen LogP contribution in [0.1, 0.15) is 44.4 Å². The number of amides is 1. The standard InChI is InChI=1S/C16H27N5O2/c1-12(15-17-14(3)18-23-15)19-8-10-20(11-9-19)13(2)16(22)21-6-4-5-7-21/h12-13H,4-11H2,1-3H3/t12-,13+/m0/s1. The van der Waals surface area contributed by atoms with Gasteiger partial charge >= 0.3 is 0 Å². The molecule has 3 heterocycles. The molecule has 0 bridgehead atoms. The van der Waals surface area contributed by atoms with Gasteiger partial charge in [0.1, 0.15) is 0 Å². The first-order chi connectivity index (χ1) is 11.1. The van der Waals surface area contributed by atoms with E-state index >= 15 is 0 Å². The molecule has 23 heavy (non-hydrogen) atoms. The summed E-state index contributed by atoms with van der Waals surface area (Å²) < 4.78 is 5.28. The van der Waals surface area contributed by atoms with Crippen LogP contribution < -0.4 is 0 Å². The summed E-state index contributed by atoms with van der Waals surface area (Å²) >= 11 is 0. The van der Waals surface area contributed by atoms with E-state index in [2.05, 4.69) is 26.9 Å². The van der Waals surface area contributed by atoms with Crippen LogP contribution in [0.2, 0.25) is 0 Å². The summed E-state index contributed by atoms with van der Waals surface area (Å²) in [5, 5.41) is 3.87. The van der Waals surface area contributed by atoms with E-state index in [4.69, 9.17) is 4.52 Å². The number of rotatable bonds is 4. The Morgan fingerprint density at radius 2 is 1.65 bits per heavy atom. The van der Waals surface area contributed by atoms with Gasteiger partial charge in [0, 0.05) is 39.3 Å². The minimum absolute atomic E-state index is 0.0174. The van der Waals surface area contributed by atoms with Crippen molar-refractivity contribution in [2.75, 3.05) is 39.3 Å². The molecular formula is C16H27N5O2. The summed E-state index contributed by atoms with van der Waals surface area (Å²) in [6, 6.07) is 0.110. The van der Waals surface area contributed by atoms with Crippen molar-refractivity contribution in [3.8, 4) is 0 Å². The minimum Gasteiger partial charge on any atom is -0.341 e. The largest absolute Gasteiger partial charge is 0.341 e. The Hall–Kier alpha value is -1.47. The van der Waals surface area contributed by atoms with Crippen molar-refractivity contribution in [1.29, 1.82) is 0 Å². The Morgan fingerprint density at radius 3 is 2.22 bits per heavy atom. The number of aryl methyl sites for hydroxylation is 1. The van der Waals surface area contributed by atoms with E-state index in [-0.39, 0.29) is 18.0 Å². The highest BCUT2D eigenvalue weighted by Gasteiger charge is 2.32.